The number of aliphatic carboxylic acids is 1. The zero-order valence-electron chi connectivity index (χ0n) is 19.8. The third-order valence-electron chi connectivity index (χ3n) is 6.67. The van der Waals surface area contributed by atoms with Crippen LogP contribution in [0.15, 0.2) is 0 Å². The minimum atomic E-state index is -0.663. The van der Waals surface area contributed by atoms with Crippen LogP contribution in [0.4, 0.5) is 0 Å². The van der Waals surface area contributed by atoms with Gasteiger partial charge in [0.05, 0.1) is 0 Å². The lowest BCUT2D eigenvalue weighted by molar-refractivity contribution is -0.137. The Hall–Kier alpha value is -1.06. The van der Waals surface area contributed by atoms with Crippen LogP contribution in [0.1, 0.15) is 135 Å². The zero-order valence-corrected chi connectivity index (χ0v) is 19.8. The third-order valence-corrected chi connectivity index (χ3v) is 6.67. The van der Waals surface area contributed by atoms with Gasteiger partial charge in [0.25, 0.3) is 0 Å². The van der Waals surface area contributed by atoms with Crippen LogP contribution in [-0.4, -0.2) is 35.0 Å². The molecule has 1 saturated heterocycles. The summed E-state index contributed by atoms with van der Waals surface area (Å²) in [5.41, 5.74) is 0. The molecule has 0 aromatic carbocycles. The Labute approximate surface area is 186 Å². The molecule has 0 spiro atoms. The van der Waals surface area contributed by atoms with Gasteiger partial charge in [0, 0.05) is 25.9 Å². The summed E-state index contributed by atoms with van der Waals surface area (Å²) < 4.78 is 0. The molecule has 176 valence electrons. The van der Waals surface area contributed by atoms with Crippen molar-refractivity contribution in [1.29, 1.82) is 0 Å². The number of nitrogens with zero attached hydrogens (tertiary/aromatic N) is 1. The van der Waals surface area contributed by atoms with Crippen LogP contribution in [0.25, 0.3) is 0 Å². The molecule has 0 radical (unpaired) electrons. The second-order valence-corrected chi connectivity index (χ2v) is 9.61. The smallest absolute Gasteiger partial charge is 0.303 e. The maximum atomic E-state index is 12.2. The summed E-state index contributed by atoms with van der Waals surface area (Å²) in [7, 11) is 0. The fraction of sp³-hybridized carbons (Fsp3) is 0.923. The highest BCUT2D eigenvalue weighted by atomic mass is 16.4. The first kappa shape index (κ1) is 27.0. The number of unbranched alkanes of at least 4 members (excludes halogenated alkanes) is 15. The first-order chi connectivity index (χ1) is 14.6. The van der Waals surface area contributed by atoms with E-state index in [4.69, 9.17) is 5.11 Å². The highest BCUT2D eigenvalue weighted by molar-refractivity contribution is 5.76. The molecule has 30 heavy (non-hydrogen) atoms. The number of hydrogen-bond donors (Lipinski definition) is 1. The Morgan fingerprint density at radius 1 is 0.633 bits per heavy atom. The van der Waals surface area contributed by atoms with E-state index in [1.165, 1.54) is 96.3 Å². The summed E-state index contributed by atoms with van der Waals surface area (Å²) in [6.45, 7) is 4.25. The lowest BCUT2D eigenvalue weighted by Crippen LogP contribution is -2.37. The van der Waals surface area contributed by atoms with Crippen LogP contribution in [-0.2, 0) is 9.59 Å². The molecule has 0 bridgehead atoms. The molecule has 1 heterocycles. The molecule has 1 N–H and O–H groups in total. The van der Waals surface area contributed by atoms with Crippen molar-refractivity contribution in [2.24, 2.45) is 5.92 Å². The number of rotatable bonds is 19. The molecule has 1 aliphatic rings. The summed E-state index contributed by atoms with van der Waals surface area (Å²) in [4.78, 5) is 24.7. The average molecular weight is 424 g/mol. The SMILES string of the molecule is CC1CCN(C(=O)CCCCCCCCCCCCCCCCCCC(=O)O)CC1. The number of carbonyl (C=O) groups is 2. The molecule has 0 aromatic rings. The summed E-state index contributed by atoms with van der Waals surface area (Å²) in [6, 6.07) is 0. The van der Waals surface area contributed by atoms with Crippen molar-refractivity contribution in [3.8, 4) is 0 Å². The van der Waals surface area contributed by atoms with Gasteiger partial charge in [-0.1, -0.05) is 96.8 Å². The Kier molecular flexibility index (Phi) is 16.8. The van der Waals surface area contributed by atoms with E-state index in [0.717, 1.165) is 44.7 Å². The van der Waals surface area contributed by atoms with Gasteiger partial charge in [0.2, 0.25) is 5.91 Å². The Morgan fingerprint density at radius 3 is 1.33 bits per heavy atom. The number of carboxylic acid groups (broad SMARTS) is 1. The van der Waals surface area contributed by atoms with Gasteiger partial charge >= 0.3 is 5.97 Å². The van der Waals surface area contributed by atoms with Crippen molar-refractivity contribution in [1.82, 2.24) is 4.90 Å². The number of amides is 1. The van der Waals surface area contributed by atoms with Gasteiger partial charge in [-0.15, -0.1) is 0 Å². The lowest BCUT2D eigenvalue weighted by atomic mass is 9.99. The van der Waals surface area contributed by atoms with Crippen LogP contribution in [0, 0.1) is 5.92 Å². The molecule has 4 heteroatoms. The van der Waals surface area contributed by atoms with E-state index < -0.39 is 5.97 Å². The van der Waals surface area contributed by atoms with Gasteiger partial charge < -0.3 is 10.0 Å². The van der Waals surface area contributed by atoms with Crippen molar-refractivity contribution in [3.63, 3.8) is 0 Å². The van der Waals surface area contributed by atoms with Gasteiger partial charge in [0.15, 0.2) is 0 Å². The summed E-state index contributed by atoms with van der Waals surface area (Å²) >= 11 is 0. The second-order valence-electron chi connectivity index (χ2n) is 9.61. The fourth-order valence-electron chi connectivity index (χ4n) is 4.44. The first-order valence-electron chi connectivity index (χ1n) is 13.1. The predicted molar refractivity (Wildman–Crippen MR) is 126 cm³/mol. The van der Waals surface area contributed by atoms with Gasteiger partial charge in [-0.05, 0) is 31.6 Å². The summed E-state index contributed by atoms with van der Waals surface area (Å²) in [6.07, 6.45) is 23.6. The van der Waals surface area contributed by atoms with E-state index >= 15 is 0 Å². The molecule has 1 fully saturated rings. The monoisotopic (exact) mass is 423 g/mol. The number of carboxylic acids is 1. The molecule has 0 unspecified atom stereocenters. The topological polar surface area (TPSA) is 57.6 Å². The fourth-order valence-corrected chi connectivity index (χ4v) is 4.44. The number of piperidine rings is 1. The molecule has 0 aliphatic carbocycles. The summed E-state index contributed by atoms with van der Waals surface area (Å²) in [5, 5.41) is 8.59. The van der Waals surface area contributed by atoms with E-state index in [9.17, 15) is 9.59 Å². The molecular weight excluding hydrogens is 374 g/mol. The minimum absolute atomic E-state index is 0.331. The maximum Gasteiger partial charge on any atom is 0.303 e. The van der Waals surface area contributed by atoms with Crippen molar-refractivity contribution in [2.45, 2.75) is 135 Å². The Balaban J connectivity index is 1.73. The third kappa shape index (κ3) is 15.7. The molecule has 1 amide bonds. The van der Waals surface area contributed by atoms with Gasteiger partial charge in [-0.25, -0.2) is 0 Å². The number of hydrogen-bond acceptors (Lipinski definition) is 2. The zero-order chi connectivity index (χ0) is 21.9. The molecule has 4 nitrogen and oxygen atoms in total. The van der Waals surface area contributed by atoms with Crippen molar-refractivity contribution in [2.75, 3.05) is 13.1 Å². The van der Waals surface area contributed by atoms with E-state index in [2.05, 4.69) is 11.8 Å². The van der Waals surface area contributed by atoms with E-state index in [1.54, 1.807) is 0 Å². The van der Waals surface area contributed by atoms with Crippen LogP contribution in [0.5, 0.6) is 0 Å². The summed E-state index contributed by atoms with van der Waals surface area (Å²) in [5.74, 6) is 0.520. The quantitative estimate of drug-likeness (QED) is 0.221. The molecule has 0 atom stereocenters. The number of likely N-dealkylation sites (tertiary alicyclic amines) is 1. The lowest BCUT2D eigenvalue weighted by Gasteiger charge is -2.30. The van der Waals surface area contributed by atoms with E-state index in [-0.39, 0.29) is 0 Å². The standard InChI is InChI=1S/C26H49NO3/c1-24-20-22-27(23-21-24)25(28)18-16-14-12-10-8-6-4-2-3-5-7-9-11-13-15-17-19-26(29)30/h24H,2-23H2,1H3,(H,29,30). The van der Waals surface area contributed by atoms with Crippen LogP contribution in [0.3, 0.4) is 0 Å². The van der Waals surface area contributed by atoms with Gasteiger partial charge in [-0.3, -0.25) is 9.59 Å². The largest absolute Gasteiger partial charge is 0.481 e. The van der Waals surface area contributed by atoms with Crippen LogP contribution in [0.2, 0.25) is 0 Å². The number of carbonyl (C=O) groups excluding carboxylic acids is 1. The molecule has 1 aliphatic heterocycles. The molecule has 1 rings (SSSR count). The van der Waals surface area contributed by atoms with Crippen LogP contribution < -0.4 is 0 Å². The van der Waals surface area contributed by atoms with Gasteiger partial charge in [0.1, 0.15) is 0 Å². The predicted octanol–water partition coefficient (Wildman–Crippen LogP) is 7.35. The van der Waals surface area contributed by atoms with Crippen molar-refractivity contribution >= 4 is 11.9 Å². The Morgan fingerprint density at radius 2 is 0.967 bits per heavy atom. The minimum Gasteiger partial charge on any atom is -0.481 e. The highest BCUT2D eigenvalue weighted by Crippen LogP contribution is 2.18. The maximum absolute atomic E-state index is 12.2. The second kappa shape index (κ2) is 18.7. The van der Waals surface area contributed by atoms with Crippen LogP contribution >= 0.6 is 0 Å². The van der Waals surface area contributed by atoms with Gasteiger partial charge in [-0.2, -0.15) is 0 Å². The molecular formula is C26H49NO3. The Bertz CT molecular complexity index is 430. The first-order valence-corrected chi connectivity index (χ1v) is 13.1. The average Bonchev–Trinajstić information content (AvgIpc) is 2.73. The van der Waals surface area contributed by atoms with Crippen molar-refractivity contribution in [3.05, 3.63) is 0 Å². The molecule has 0 aromatic heterocycles. The highest BCUT2D eigenvalue weighted by Gasteiger charge is 2.19. The molecule has 0 saturated carbocycles. The van der Waals surface area contributed by atoms with E-state index in [1.807, 2.05) is 0 Å². The van der Waals surface area contributed by atoms with E-state index in [0.29, 0.717) is 12.3 Å². The van der Waals surface area contributed by atoms with Crippen molar-refractivity contribution < 1.29 is 14.7 Å². The normalized spacial score (nSPS) is 14.9.